The normalized spacial score (nSPS) is 13.7. The van der Waals surface area contributed by atoms with E-state index in [0.717, 1.165) is 10.8 Å². The lowest BCUT2D eigenvalue weighted by Crippen LogP contribution is -2.29. The fourth-order valence-corrected chi connectivity index (χ4v) is 2.94. The monoisotopic (exact) mass is 288 g/mol. The van der Waals surface area contributed by atoms with Crippen LogP contribution in [-0.4, -0.2) is 11.8 Å². The Morgan fingerprint density at radius 2 is 1.32 bits per heavy atom. The smallest absolute Gasteiger partial charge is 0.266 e. The van der Waals surface area contributed by atoms with Crippen LogP contribution in [0.4, 0.5) is 11.4 Å². The van der Waals surface area contributed by atoms with Gasteiger partial charge in [0.25, 0.3) is 11.8 Å². The first-order valence-corrected chi connectivity index (χ1v) is 6.93. The first-order chi connectivity index (χ1) is 10.7. The molecule has 0 saturated carbocycles. The number of rotatable bonds is 1. The maximum absolute atomic E-state index is 12.6. The lowest BCUT2D eigenvalue weighted by atomic mass is 10.1. The van der Waals surface area contributed by atoms with Gasteiger partial charge in [-0.25, -0.2) is 4.90 Å². The molecule has 0 atom stereocenters. The van der Waals surface area contributed by atoms with Crippen LogP contribution in [0.2, 0.25) is 0 Å². The fraction of sp³-hybridized carbons (Fsp3) is 0. The first kappa shape index (κ1) is 12.6. The highest BCUT2D eigenvalue weighted by Crippen LogP contribution is 2.36. The molecule has 0 unspecified atom stereocenters. The Kier molecular flexibility index (Phi) is 2.53. The van der Waals surface area contributed by atoms with Gasteiger partial charge in [0.15, 0.2) is 0 Å². The largest absolute Gasteiger partial charge is 0.398 e. The van der Waals surface area contributed by atoms with Crippen molar-refractivity contribution in [3.05, 3.63) is 71.8 Å². The number of nitrogen functional groups attached to an aromatic ring is 1. The molecule has 1 heterocycles. The van der Waals surface area contributed by atoms with E-state index < -0.39 is 0 Å². The van der Waals surface area contributed by atoms with Crippen molar-refractivity contribution in [1.29, 1.82) is 0 Å². The van der Waals surface area contributed by atoms with E-state index >= 15 is 0 Å². The van der Waals surface area contributed by atoms with Crippen LogP contribution in [-0.2, 0) is 0 Å². The molecule has 0 aromatic heterocycles. The summed E-state index contributed by atoms with van der Waals surface area (Å²) in [5.74, 6) is -0.618. The zero-order chi connectivity index (χ0) is 15.3. The summed E-state index contributed by atoms with van der Waals surface area (Å²) in [6.07, 6.45) is 0. The van der Waals surface area contributed by atoms with Crippen LogP contribution in [0.25, 0.3) is 10.8 Å². The molecule has 2 N–H and O–H groups in total. The molecule has 0 fully saturated rings. The lowest BCUT2D eigenvalue weighted by molar-refractivity contribution is 0.0926. The number of benzene rings is 3. The predicted molar refractivity (Wildman–Crippen MR) is 85.9 cm³/mol. The molecule has 2 amide bonds. The standard InChI is InChI=1S/C18H12N2O2/c19-14-9-3-5-11-6-4-10-15(16(11)14)20-17(21)12-7-1-2-8-13(12)18(20)22/h1-10H,19H2. The van der Waals surface area contributed by atoms with Crippen LogP contribution in [0.15, 0.2) is 60.7 Å². The van der Waals surface area contributed by atoms with Crippen molar-refractivity contribution in [3.63, 3.8) is 0 Å². The molecule has 0 radical (unpaired) electrons. The molecule has 4 heteroatoms. The third kappa shape index (κ3) is 1.58. The van der Waals surface area contributed by atoms with Gasteiger partial charge in [-0.15, -0.1) is 0 Å². The Labute approximate surface area is 126 Å². The molecule has 22 heavy (non-hydrogen) atoms. The molecule has 3 aromatic carbocycles. The number of imide groups is 1. The molecule has 3 aromatic rings. The Morgan fingerprint density at radius 1 is 0.727 bits per heavy atom. The first-order valence-electron chi connectivity index (χ1n) is 6.93. The summed E-state index contributed by atoms with van der Waals surface area (Å²) in [7, 11) is 0. The van der Waals surface area contributed by atoms with Gasteiger partial charge in [0, 0.05) is 11.1 Å². The zero-order valence-electron chi connectivity index (χ0n) is 11.6. The van der Waals surface area contributed by atoms with Gasteiger partial charge in [-0.3, -0.25) is 9.59 Å². The second-order valence-corrected chi connectivity index (χ2v) is 5.21. The van der Waals surface area contributed by atoms with Crippen LogP contribution in [0.3, 0.4) is 0 Å². The minimum absolute atomic E-state index is 0.309. The van der Waals surface area contributed by atoms with Gasteiger partial charge in [-0.05, 0) is 29.7 Å². The average Bonchev–Trinajstić information content (AvgIpc) is 2.79. The molecule has 4 rings (SSSR count). The predicted octanol–water partition coefficient (Wildman–Crippen LogP) is 3.22. The number of nitrogens with two attached hydrogens (primary N) is 1. The third-order valence-corrected chi connectivity index (χ3v) is 3.95. The number of amides is 2. The van der Waals surface area contributed by atoms with E-state index in [1.54, 1.807) is 36.4 Å². The van der Waals surface area contributed by atoms with E-state index in [0.29, 0.717) is 22.5 Å². The van der Waals surface area contributed by atoms with Crippen LogP contribution in [0, 0.1) is 0 Å². The Morgan fingerprint density at radius 3 is 1.95 bits per heavy atom. The van der Waals surface area contributed by atoms with Crippen LogP contribution >= 0.6 is 0 Å². The highest BCUT2D eigenvalue weighted by Gasteiger charge is 2.37. The molecule has 1 aliphatic heterocycles. The van der Waals surface area contributed by atoms with E-state index in [4.69, 9.17) is 5.73 Å². The quantitative estimate of drug-likeness (QED) is 0.552. The van der Waals surface area contributed by atoms with E-state index in [1.165, 1.54) is 4.90 Å². The van der Waals surface area contributed by atoms with Crippen molar-refractivity contribution < 1.29 is 9.59 Å². The topological polar surface area (TPSA) is 63.4 Å². The van der Waals surface area contributed by atoms with Gasteiger partial charge in [0.1, 0.15) is 0 Å². The summed E-state index contributed by atoms with van der Waals surface area (Å²) >= 11 is 0. The summed E-state index contributed by atoms with van der Waals surface area (Å²) in [5, 5.41) is 1.62. The average molecular weight is 288 g/mol. The number of fused-ring (bicyclic) bond motifs is 2. The van der Waals surface area contributed by atoms with Crippen LogP contribution in [0.1, 0.15) is 20.7 Å². The van der Waals surface area contributed by atoms with Crippen LogP contribution in [0.5, 0.6) is 0 Å². The van der Waals surface area contributed by atoms with E-state index in [2.05, 4.69) is 0 Å². The number of hydrogen-bond acceptors (Lipinski definition) is 3. The van der Waals surface area contributed by atoms with Gasteiger partial charge in [0.2, 0.25) is 0 Å². The highest BCUT2D eigenvalue weighted by atomic mass is 16.2. The SMILES string of the molecule is Nc1cccc2cccc(N3C(=O)c4ccccc4C3=O)c12. The number of nitrogens with zero attached hydrogens (tertiary/aromatic N) is 1. The van der Waals surface area contributed by atoms with E-state index in [-0.39, 0.29) is 11.8 Å². The molecule has 106 valence electrons. The molecular weight excluding hydrogens is 276 g/mol. The minimum atomic E-state index is -0.309. The summed E-state index contributed by atoms with van der Waals surface area (Å²) in [6.45, 7) is 0. The second kappa shape index (κ2) is 4.43. The van der Waals surface area contributed by atoms with Crippen molar-refractivity contribution >= 4 is 34.0 Å². The van der Waals surface area contributed by atoms with Gasteiger partial charge >= 0.3 is 0 Å². The molecule has 0 aliphatic carbocycles. The summed E-state index contributed by atoms with van der Waals surface area (Å²) in [6, 6.07) is 17.9. The Hall–Kier alpha value is -3.14. The highest BCUT2D eigenvalue weighted by molar-refractivity contribution is 6.36. The fourth-order valence-electron chi connectivity index (χ4n) is 2.94. The molecule has 0 bridgehead atoms. The molecular formula is C18H12N2O2. The number of carbonyl (C=O) groups is 2. The van der Waals surface area contributed by atoms with Crippen molar-refractivity contribution in [2.45, 2.75) is 0 Å². The lowest BCUT2D eigenvalue weighted by Gasteiger charge is -2.17. The summed E-state index contributed by atoms with van der Waals surface area (Å²) in [5.41, 5.74) is 8.01. The second-order valence-electron chi connectivity index (χ2n) is 5.21. The van der Waals surface area contributed by atoms with Crippen molar-refractivity contribution in [2.75, 3.05) is 10.6 Å². The number of carbonyl (C=O) groups excluding carboxylic acids is 2. The molecule has 0 saturated heterocycles. The van der Waals surface area contributed by atoms with Gasteiger partial charge in [-0.1, -0.05) is 36.4 Å². The number of anilines is 2. The third-order valence-electron chi connectivity index (χ3n) is 3.95. The zero-order valence-corrected chi connectivity index (χ0v) is 11.6. The van der Waals surface area contributed by atoms with E-state index in [1.807, 2.05) is 24.3 Å². The summed E-state index contributed by atoms with van der Waals surface area (Å²) < 4.78 is 0. The van der Waals surface area contributed by atoms with Crippen molar-refractivity contribution in [2.24, 2.45) is 0 Å². The minimum Gasteiger partial charge on any atom is -0.398 e. The molecule has 1 aliphatic rings. The molecule has 4 nitrogen and oxygen atoms in total. The van der Waals surface area contributed by atoms with Gasteiger partial charge in [-0.2, -0.15) is 0 Å². The van der Waals surface area contributed by atoms with E-state index in [9.17, 15) is 9.59 Å². The van der Waals surface area contributed by atoms with Crippen molar-refractivity contribution in [3.8, 4) is 0 Å². The maximum Gasteiger partial charge on any atom is 0.266 e. The maximum atomic E-state index is 12.6. The molecule has 0 spiro atoms. The number of hydrogen-bond donors (Lipinski definition) is 1. The Bertz CT molecular complexity index is 906. The van der Waals surface area contributed by atoms with Crippen LogP contribution < -0.4 is 10.6 Å². The van der Waals surface area contributed by atoms with Gasteiger partial charge in [0.05, 0.1) is 16.8 Å². The summed E-state index contributed by atoms with van der Waals surface area (Å²) in [4.78, 5) is 26.5. The Balaban J connectivity index is 1.99. The van der Waals surface area contributed by atoms with Crippen molar-refractivity contribution in [1.82, 2.24) is 0 Å². The van der Waals surface area contributed by atoms with Gasteiger partial charge < -0.3 is 5.73 Å².